The van der Waals surface area contributed by atoms with Gasteiger partial charge < -0.3 is 5.32 Å². The van der Waals surface area contributed by atoms with Crippen LogP contribution in [0.15, 0.2) is 42.5 Å². The van der Waals surface area contributed by atoms with E-state index in [2.05, 4.69) is 5.32 Å². The highest BCUT2D eigenvalue weighted by atomic mass is 32.2. The van der Waals surface area contributed by atoms with Gasteiger partial charge in [0.05, 0.1) is 11.9 Å². The van der Waals surface area contributed by atoms with Crippen molar-refractivity contribution >= 4 is 27.3 Å². The molecule has 2 rings (SSSR count). The van der Waals surface area contributed by atoms with E-state index in [1.165, 1.54) is 0 Å². The summed E-state index contributed by atoms with van der Waals surface area (Å²) in [5.41, 5.74) is 4.24. The molecule has 0 radical (unpaired) electrons. The minimum atomic E-state index is -3.57. The number of carbonyl (C=O) groups is 1. The van der Waals surface area contributed by atoms with Gasteiger partial charge in [-0.05, 0) is 55.2 Å². The first-order valence-corrected chi connectivity index (χ1v) is 9.99. The molecule has 6 heteroatoms. The monoisotopic (exact) mass is 360 g/mol. The second-order valence-corrected chi connectivity index (χ2v) is 8.06. The first-order chi connectivity index (χ1) is 11.7. The lowest BCUT2D eigenvalue weighted by molar-refractivity contribution is -0.114. The highest BCUT2D eigenvalue weighted by Gasteiger charge is 2.21. The van der Waals surface area contributed by atoms with Gasteiger partial charge in [0, 0.05) is 5.69 Å². The van der Waals surface area contributed by atoms with Gasteiger partial charge in [0.1, 0.15) is 6.54 Å². The van der Waals surface area contributed by atoms with Crippen LogP contribution in [0.3, 0.4) is 0 Å². The van der Waals surface area contributed by atoms with E-state index in [0.29, 0.717) is 11.4 Å². The fraction of sp³-hybridized carbons (Fsp3) is 0.316. The predicted octanol–water partition coefficient (Wildman–Crippen LogP) is 3.27. The Labute approximate surface area is 149 Å². The summed E-state index contributed by atoms with van der Waals surface area (Å²) in [6.45, 7) is 5.60. The average Bonchev–Trinajstić information content (AvgIpc) is 2.55. The lowest BCUT2D eigenvalue weighted by atomic mass is 10.1. The molecule has 1 N–H and O–H groups in total. The number of carbonyl (C=O) groups excluding carboxylic acids is 1. The fourth-order valence-corrected chi connectivity index (χ4v) is 3.35. The summed E-state index contributed by atoms with van der Waals surface area (Å²) in [6, 6.07) is 12.9. The van der Waals surface area contributed by atoms with Crippen LogP contribution in [0.2, 0.25) is 0 Å². The van der Waals surface area contributed by atoms with Gasteiger partial charge in [0.25, 0.3) is 0 Å². The molecule has 1 amide bonds. The van der Waals surface area contributed by atoms with Crippen LogP contribution >= 0.6 is 0 Å². The van der Waals surface area contributed by atoms with Crippen molar-refractivity contribution in [3.63, 3.8) is 0 Å². The molecule has 0 spiro atoms. The molecule has 134 valence electrons. The maximum atomic E-state index is 12.4. The number of hydrogen-bond acceptors (Lipinski definition) is 3. The number of benzene rings is 2. The summed E-state index contributed by atoms with van der Waals surface area (Å²) in [7, 11) is -3.57. The third kappa shape index (κ3) is 5.06. The Hall–Kier alpha value is -2.34. The van der Waals surface area contributed by atoms with E-state index in [4.69, 9.17) is 0 Å². The molecule has 0 unspecified atom stereocenters. The van der Waals surface area contributed by atoms with Crippen molar-refractivity contribution in [2.45, 2.75) is 27.2 Å². The van der Waals surface area contributed by atoms with Crippen LogP contribution in [0.25, 0.3) is 0 Å². The third-order valence-electron chi connectivity index (χ3n) is 3.99. The van der Waals surface area contributed by atoms with E-state index in [0.717, 1.165) is 33.7 Å². The molecule has 0 aliphatic heterocycles. The van der Waals surface area contributed by atoms with Crippen LogP contribution in [0.1, 0.15) is 23.6 Å². The Morgan fingerprint density at radius 1 is 1.08 bits per heavy atom. The third-order valence-corrected chi connectivity index (χ3v) is 5.13. The van der Waals surface area contributed by atoms with Crippen molar-refractivity contribution in [3.05, 3.63) is 59.2 Å². The van der Waals surface area contributed by atoms with E-state index >= 15 is 0 Å². The van der Waals surface area contributed by atoms with Crippen molar-refractivity contribution < 1.29 is 13.2 Å². The molecular weight excluding hydrogens is 336 g/mol. The summed E-state index contributed by atoms with van der Waals surface area (Å²) < 4.78 is 25.4. The molecule has 0 saturated carbocycles. The Balaban J connectivity index is 2.22. The smallest absolute Gasteiger partial charge is 0.245 e. The molecule has 0 aliphatic rings. The highest BCUT2D eigenvalue weighted by molar-refractivity contribution is 7.92. The van der Waals surface area contributed by atoms with E-state index < -0.39 is 10.0 Å². The molecule has 5 nitrogen and oxygen atoms in total. The zero-order valence-corrected chi connectivity index (χ0v) is 15.9. The number of hydrogen-bond donors (Lipinski definition) is 1. The summed E-state index contributed by atoms with van der Waals surface area (Å²) in [5.74, 6) is -0.376. The molecule has 0 fully saturated rings. The lowest BCUT2D eigenvalue weighted by Gasteiger charge is -2.22. The van der Waals surface area contributed by atoms with Crippen LogP contribution in [-0.4, -0.2) is 27.1 Å². The summed E-state index contributed by atoms with van der Waals surface area (Å²) in [4.78, 5) is 12.4. The van der Waals surface area contributed by atoms with Crippen LogP contribution in [0.5, 0.6) is 0 Å². The predicted molar refractivity (Wildman–Crippen MR) is 103 cm³/mol. The average molecular weight is 360 g/mol. The molecule has 2 aromatic carbocycles. The Morgan fingerprint density at radius 3 is 2.28 bits per heavy atom. The molecule has 25 heavy (non-hydrogen) atoms. The maximum absolute atomic E-state index is 12.4. The van der Waals surface area contributed by atoms with Crippen LogP contribution < -0.4 is 9.62 Å². The second kappa shape index (κ2) is 7.70. The van der Waals surface area contributed by atoms with Crippen molar-refractivity contribution in [2.24, 2.45) is 0 Å². The van der Waals surface area contributed by atoms with Crippen LogP contribution in [0.4, 0.5) is 11.4 Å². The number of nitrogens with zero attached hydrogens (tertiary/aromatic N) is 1. The molecule has 2 aromatic rings. The number of sulfonamides is 1. The Bertz CT molecular complexity index is 859. The Morgan fingerprint density at radius 2 is 1.72 bits per heavy atom. The number of aryl methyl sites for hydroxylation is 3. The van der Waals surface area contributed by atoms with Crippen LogP contribution in [0, 0.1) is 13.8 Å². The first kappa shape index (κ1) is 19.0. The maximum Gasteiger partial charge on any atom is 0.245 e. The van der Waals surface area contributed by atoms with E-state index in [1.807, 2.05) is 51.1 Å². The normalized spacial score (nSPS) is 11.2. The molecule has 0 saturated heterocycles. The summed E-state index contributed by atoms with van der Waals surface area (Å²) in [5, 5.41) is 2.80. The minimum Gasteiger partial charge on any atom is -0.324 e. The number of anilines is 2. The van der Waals surface area contributed by atoms with Gasteiger partial charge in [-0.2, -0.15) is 0 Å². The summed E-state index contributed by atoms with van der Waals surface area (Å²) >= 11 is 0. The van der Waals surface area contributed by atoms with E-state index in [1.54, 1.807) is 12.1 Å². The van der Waals surface area contributed by atoms with Crippen molar-refractivity contribution in [3.8, 4) is 0 Å². The first-order valence-electron chi connectivity index (χ1n) is 8.14. The van der Waals surface area contributed by atoms with Crippen LogP contribution in [-0.2, 0) is 21.2 Å². The summed E-state index contributed by atoms with van der Waals surface area (Å²) in [6.07, 6.45) is 1.97. The van der Waals surface area contributed by atoms with E-state index in [9.17, 15) is 13.2 Å². The van der Waals surface area contributed by atoms with Gasteiger partial charge in [-0.25, -0.2) is 8.42 Å². The zero-order valence-electron chi connectivity index (χ0n) is 15.0. The van der Waals surface area contributed by atoms with E-state index in [-0.39, 0.29) is 12.5 Å². The molecule has 0 heterocycles. The SMILES string of the molecule is CCc1ccc(N(CC(=O)Nc2cc(C)ccc2C)S(C)(=O)=O)cc1. The zero-order chi connectivity index (χ0) is 18.6. The number of amides is 1. The second-order valence-electron chi connectivity index (χ2n) is 6.16. The molecule has 0 aliphatic carbocycles. The lowest BCUT2D eigenvalue weighted by Crippen LogP contribution is -2.37. The Kier molecular flexibility index (Phi) is 5.85. The molecule has 0 atom stereocenters. The fourth-order valence-electron chi connectivity index (χ4n) is 2.49. The topological polar surface area (TPSA) is 66.5 Å². The quantitative estimate of drug-likeness (QED) is 0.860. The van der Waals surface area contributed by atoms with Gasteiger partial charge in [-0.1, -0.05) is 31.2 Å². The van der Waals surface area contributed by atoms with Crippen molar-refractivity contribution in [1.82, 2.24) is 0 Å². The van der Waals surface area contributed by atoms with Gasteiger partial charge in [-0.15, -0.1) is 0 Å². The minimum absolute atomic E-state index is 0.266. The van der Waals surface area contributed by atoms with Gasteiger partial charge >= 0.3 is 0 Å². The van der Waals surface area contributed by atoms with Gasteiger partial charge in [0.2, 0.25) is 15.9 Å². The van der Waals surface area contributed by atoms with Gasteiger partial charge in [0.15, 0.2) is 0 Å². The van der Waals surface area contributed by atoms with Crippen molar-refractivity contribution in [1.29, 1.82) is 0 Å². The molecule has 0 aromatic heterocycles. The van der Waals surface area contributed by atoms with Crippen molar-refractivity contribution in [2.75, 3.05) is 22.4 Å². The molecular formula is C19H24N2O3S. The number of rotatable bonds is 6. The van der Waals surface area contributed by atoms with Gasteiger partial charge in [-0.3, -0.25) is 9.10 Å². The highest BCUT2D eigenvalue weighted by Crippen LogP contribution is 2.20. The standard InChI is InChI=1S/C19H24N2O3S/c1-5-16-8-10-17(11-9-16)21(25(4,23)24)13-19(22)20-18-12-14(2)6-7-15(18)3/h6-12H,5,13H2,1-4H3,(H,20,22). The largest absolute Gasteiger partial charge is 0.324 e. The number of nitrogens with one attached hydrogen (secondary N) is 1. The molecule has 0 bridgehead atoms.